The highest BCUT2D eigenvalue weighted by Crippen LogP contribution is 2.67. The second-order valence-corrected chi connectivity index (χ2v) is 9.24. The molecule has 2 fully saturated rings. The average molecular weight is 399 g/mol. The molecule has 1 saturated carbocycles. The molecule has 4 heteroatoms. The molecule has 0 radical (unpaired) electrons. The Bertz CT molecular complexity index is 809. The number of ether oxygens (including phenoxy) is 1. The van der Waals surface area contributed by atoms with E-state index in [2.05, 4.69) is 13.8 Å². The lowest BCUT2D eigenvalue weighted by molar-refractivity contribution is -0.118. The Kier molecular flexibility index (Phi) is 7.02. The van der Waals surface area contributed by atoms with Crippen LogP contribution in [0.2, 0.25) is 0 Å². The van der Waals surface area contributed by atoms with Crippen molar-refractivity contribution in [3.63, 3.8) is 0 Å². The lowest BCUT2D eigenvalue weighted by Crippen LogP contribution is -2.48. The fourth-order valence-corrected chi connectivity index (χ4v) is 4.47. The third kappa shape index (κ3) is 5.12. The van der Waals surface area contributed by atoms with Gasteiger partial charge < -0.3 is 9.84 Å². The largest absolute Gasteiger partial charge is 0.393 e. The summed E-state index contributed by atoms with van der Waals surface area (Å²) in [6.45, 7) is 11.7. The molecule has 2 aliphatic rings. The minimum Gasteiger partial charge on any atom is -0.393 e. The molecule has 0 amide bonds. The van der Waals surface area contributed by atoms with Crippen molar-refractivity contribution in [1.82, 2.24) is 0 Å². The summed E-state index contributed by atoms with van der Waals surface area (Å²) in [6.07, 6.45) is 15.1. The SMILES string of the molecule is CC(C=O)=CC=CC=C(C)C=CC=C(C)C(=O)CC12OC1(C)CC(O)CC2(C)C. The van der Waals surface area contributed by atoms with Crippen LogP contribution in [-0.4, -0.2) is 34.5 Å². The smallest absolute Gasteiger partial charge is 0.161 e. The summed E-state index contributed by atoms with van der Waals surface area (Å²) in [5.41, 5.74) is 1.27. The molecule has 2 rings (SSSR count). The van der Waals surface area contributed by atoms with E-state index in [0.717, 1.165) is 11.9 Å². The topological polar surface area (TPSA) is 66.9 Å². The highest BCUT2D eigenvalue weighted by atomic mass is 16.6. The molecular weight excluding hydrogens is 364 g/mol. The van der Waals surface area contributed by atoms with E-state index in [-0.39, 0.29) is 17.3 Å². The molecule has 3 unspecified atom stereocenters. The molecule has 1 heterocycles. The third-order valence-corrected chi connectivity index (χ3v) is 6.25. The number of hydrogen-bond donors (Lipinski definition) is 1. The normalized spacial score (nSPS) is 32.5. The Morgan fingerprint density at radius 1 is 1.00 bits per heavy atom. The third-order valence-electron chi connectivity index (χ3n) is 6.25. The number of aliphatic hydroxyl groups is 1. The van der Waals surface area contributed by atoms with Gasteiger partial charge in [-0.15, -0.1) is 0 Å². The summed E-state index contributed by atoms with van der Waals surface area (Å²) in [7, 11) is 0. The maximum absolute atomic E-state index is 12.8. The number of aldehydes is 1. The van der Waals surface area contributed by atoms with Crippen molar-refractivity contribution >= 4 is 12.1 Å². The molecule has 4 nitrogen and oxygen atoms in total. The molecule has 29 heavy (non-hydrogen) atoms. The van der Waals surface area contributed by atoms with Gasteiger partial charge in [-0.05, 0) is 50.7 Å². The highest BCUT2D eigenvalue weighted by molar-refractivity contribution is 5.96. The minimum atomic E-state index is -0.483. The van der Waals surface area contributed by atoms with E-state index in [1.807, 2.05) is 57.2 Å². The summed E-state index contributed by atoms with van der Waals surface area (Å²) >= 11 is 0. The van der Waals surface area contributed by atoms with E-state index in [9.17, 15) is 14.7 Å². The van der Waals surface area contributed by atoms with Gasteiger partial charge in [-0.3, -0.25) is 9.59 Å². The molecule has 1 N–H and O–H groups in total. The Morgan fingerprint density at radius 3 is 2.21 bits per heavy atom. The first kappa shape index (κ1) is 23.2. The Hall–Kier alpha value is -2.04. The summed E-state index contributed by atoms with van der Waals surface area (Å²) in [5, 5.41) is 10.1. The molecule has 1 aliphatic heterocycles. The van der Waals surface area contributed by atoms with Gasteiger partial charge in [0.2, 0.25) is 0 Å². The summed E-state index contributed by atoms with van der Waals surface area (Å²) < 4.78 is 6.11. The number of allylic oxidation sites excluding steroid dienone is 10. The van der Waals surface area contributed by atoms with Gasteiger partial charge in [0, 0.05) is 12.8 Å². The zero-order valence-corrected chi connectivity index (χ0v) is 18.5. The molecule has 1 saturated heterocycles. The van der Waals surface area contributed by atoms with Gasteiger partial charge in [0.1, 0.15) is 11.9 Å². The zero-order chi connectivity index (χ0) is 21.9. The van der Waals surface area contributed by atoms with E-state index in [1.165, 1.54) is 0 Å². The number of ketones is 1. The van der Waals surface area contributed by atoms with Crippen LogP contribution in [-0.2, 0) is 14.3 Å². The highest BCUT2D eigenvalue weighted by Gasteiger charge is 2.76. The fraction of sp³-hybridized carbons (Fsp3) is 0.520. The van der Waals surface area contributed by atoms with Crippen LogP contribution in [0.1, 0.15) is 60.8 Å². The second-order valence-electron chi connectivity index (χ2n) is 9.24. The first-order valence-corrected chi connectivity index (χ1v) is 10.2. The molecular formula is C25H34O4. The maximum atomic E-state index is 12.8. The van der Waals surface area contributed by atoms with Gasteiger partial charge >= 0.3 is 0 Å². The number of epoxide rings is 1. The van der Waals surface area contributed by atoms with Crippen LogP contribution in [0.3, 0.4) is 0 Å². The van der Waals surface area contributed by atoms with Crippen molar-refractivity contribution in [3.8, 4) is 0 Å². The number of rotatable bonds is 8. The van der Waals surface area contributed by atoms with Gasteiger partial charge in [-0.1, -0.05) is 62.0 Å². The van der Waals surface area contributed by atoms with E-state index < -0.39 is 11.2 Å². The quantitative estimate of drug-likeness (QED) is 0.276. The van der Waals surface area contributed by atoms with Crippen molar-refractivity contribution in [2.24, 2.45) is 5.41 Å². The monoisotopic (exact) mass is 398 g/mol. The predicted molar refractivity (Wildman–Crippen MR) is 116 cm³/mol. The van der Waals surface area contributed by atoms with Crippen LogP contribution in [0.4, 0.5) is 0 Å². The maximum Gasteiger partial charge on any atom is 0.161 e. The molecule has 0 aromatic heterocycles. The van der Waals surface area contributed by atoms with Crippen molar-refractivity contribution < 1.29 is 19.4 Å². The molecule has 3 atom stereocenters. The number of carbonyl (C=O) groups is 2. The Labute approximate surface area is 174 Å². The zero-order valence-electron chi connectivity index (χ0n) is 18.5. The van der Waals surface area contributed by atoms with Crippen molar-refractivity contribution in [1.29, 1.82) is 0 Å². The van der Waals surface area contributed by atoms with Crippen LogP contribution in [0.25, 0.3) is 0 Å². The molecule has 158 valence electrons. The summed E-state index contributed by atoms with van der Waals surface area (Å²) in [6, 6.07) is 0. The van der Waals surface area contributed by atoms with Crippen LogP contribution < -0.4 is 0 Å². The number of Topliss-reactive ketones (excluding diaryl/α,β-unsaturated/α-hetero) is 1. The van der Waals surface area contributed by atoms with Crippen LogP contribution in [0, 0.1) is 5.41 Å². The van der Waals surface area contributed by atoms with Crippen LogP contribution in [0.5, 0.6) is 0 Å². The van der Waals surface area contributed by atoms with Gasteiger partial charge in [0.25, 0.3) is 0 Å². The minimum absolute atomic E-state index is 0.0823. The Balaban J connectivity index is 1.99. The molecule has 0 bridgehead atoms. The summed E-state index contributed by atoms with van der Waals surface area (Å²) in [5.74, 6) is 0.0823. The fourth-order valence-electron chi connectivity index (χ4n) is 4.47. The molecule has 0 aromatic rings. The van der Waals surface area contributed by atoms with Crippen LogP contribution >= 0.6 is 0 Å². The van der Waals surface area contributed by atoms with Crippen molar-refractivity contribution in [2.75, 3.05) is 0 Å². The van der Waals surface area contributed by atoms with Gasteiger partial charge in [0.15, 0.2) is 5.78 Å². The standard InChI is InChI=1S/C25H34O4/c1-18(10-7-8-11-19(2)17-26)12-9-13-20(3)22(28)16-25-23(4,5)14-21(27)15-24(25,6)29-25/h7-13,17,21,27H,14-16H2,1-6H3. The lowest BCUT2D eigenvalue weighted by Gasteiger charge is -2.40. The first-order valence-electron chi connectivity index (χ1n) is 10.2. The van der Waals surface area contributed by atoms with Gasteiger partial charge in [-0.2, -0.15) is 0 Å². The molecule has 0 spiro atoms. The lowest BCUT2D eigenvalue weighted by atomic mass is 9.61. The molecule has 0 aromatic carbocycles. The van der Waals surface area contributed by atoms with Crippen LogP contribution in [0.15, 0.2) is 59.3 Å². The van der Waals surface area contributed by atoms with E-state index in [4.69, 9.17) is 4.74 Å². The van der Waals surface area contributed by atoms with E-state index >= 15 is 0 Å². The number of aliphatic hydroxyl groups excluding tert-OH is 1. The summed E-state index contributed by atoms with van der Waals surface area (Å²) in [4.78, 5) is 23.4. The molecule has 1 aliphatic carbocycles. The average Bonchev–Trinajstić information content (AvgIpc) is 3.23. The van der Waals surface area contributed by atoms with E-state index in [1.54, 1.807) is 13.0 Å². The van der Waals surface area contributed by atoms with Crippen molar-refractivity contribution in [3.05, 3.63) is 59.3 Å². The number of carbonyl (C=O) groups excluding carboxylic acids is 2. The van der Waals surface area contributed by atoms with Gasteiger partial charge in [-0.25, -0.2) is 0 Å². The van der Waals surface area contributed by atoms with Gasteiger partial charge in [0.05, 0.1) is 11.7 Å². The number of fused-ring (bicyclic) bond motifs is 1. The van der Waals surface area contributed by atoms with E-state index in [0.29, 0.717) is 30.4 Å². The number of hydrogen-bond acceptors (Lipinski definition) is 4. The predicted octanol–water partition coefficient (Wildman–Crippen LogP) is 4.80. The second kappa shape index (κ2) is 8.76. The van der Waals surface area contributed by atoms with Crippen molar-refractivity contribution in [2.45, 2.75) is 78.1 Å². The Morgan fingerprint density at radius 2 is 1.62 bits per heavy atom. The first-order chi connectivity index (χ1) is 13.5.